The fraction of sp³-hybridized carbons (Fsp3) is 0.207. The highest BCUT2D eigenvalue weighted by Crippen LogP contribution is 2.29. The van der Waals surface area contributed by atoms with E-state index in [2.05, 4.69) is 25.1 Å². The standard InChI is InChI=1S/C29H25F3N6O3S/c1-19-5-2-3-7-24(19)38-25(39)17-42-28(38)35-27(40)33-16-4-6-20-8-10-21(11-9-20)26-34-18-37(36-26)22-12-14-23(15-13-22)41-29(30,31)32/h2-3,5,7-15,18H,4,6,16-17H2,1H3,(H,33,40)/b35-28+. The molecule has 0 saturated carbocycles. The van der Waals surface area contributed by atoms with Crippen LogP contribution in [0.2, 0.25) is 0 Å². The number of aliphatic imine (C=N–C) groups is 1. The minimum Gasteiger partial charge on any atom is -0.406 e. The summed E-state index contributed by atoms with van der Waals surface area (Å²) in [5.74, 6) is 0.274. The van der Waals surface area contributed by atoms with Crippen LogP contribution < -0.4 is 15.0 Å². The summed E-state index contributed by atoms with van der Waals surface area (Å²) in [5, 5.41) is 7.57. The lowest BCUT2D eigenvalue weighted by Crippen LogP contribution is -2.32. The van der Waals surface area contributed by atoms with Crippen LogP contribution in [-0.4, -0.2) is 50.5 Å². The number of hydrogen-bond acceptors (Lipinski definition) is 6. The molecule has 13 heteroatoms. The van der Waals surface area contributed by atoms with E-state index in [1.165, 1.54) is 51.9 Å². The van der Waals surface area contributed by atoms with Crippen molar-refractivity contribution in [2.75, 3.05) is 17.2 Å². The Balaban J connectivity index is 1.11. The lowest BCUT2D eigenvalue weighted by atomic mass is 10.1. The molecule has 0 spiro atoms. The van der Waals surface area contributed by atoms with Gasteiger partial charge in [0.15, 0.2) is 11.0 Å². The van der Waals surface area contributed by atoms with Gasteiger partial charge in [0.2, 0.25) is 5.91 Å². The van der Waals surface area contributed by atoms with Crippen molar-refractivity contribution < 1.29 is 27.5 Å². The Kier molecular flexibility index (Phi) is 8.57. The van der Waals surface area contributed by atoms with Gasteiger partial charge in [0.25, 0.3) is 0 Å². The van der Waals surface area contributed by atoms with Crippen LogP contribution in [0.5, 0.6) is 5.75 Å². The van der Waals surface area contributed by atoms with Gasteiger partial charge < -0.3 is 10.1 Å². The molecule has 0 aliphatic carbocycles. The van der Waals surface area contributed by atoms with Crippen molar-refractivity contribution in [2.24, 2.45) is 4.99 Å². The third kappa shape index (κ3) is 7.16. The van der Waals surface area contributed by atoms with Crippen LogP contribution in [-0.2, 0) is 11.2 Å². The van der Waals surface area contributed by atoms with Crippen LogP contribution in [0.1, 0.15) is 17.5 Å². The van der Waals surface area contributed by atoms with E-state index >= 15 is 0 Å². The molecule has 0 unspecified atom stereocenters. The summed E-state index contributed by atoms with van der Waals surface area (Å²) < 4.78 is 42.5. The van der Waals surface area contributed by atoms with E-state index in [1.807, 2.05) is 55.5 Å². The predicted octanol–water partition coefficient (Wildman–Crippen LogP) is 5.92. The van der Waals surface area contributed by atoms with Gasteiger partial charge in [-0.25, -0.2) is 14.5 Å². The number of carbonyl (C=O) groups excluding carboxylic acids is 2. The molecule has 1 N–H and O–H groups in total. The molecule has 4 aromatic rings. The molecule has 2 heterocycles. The first-order valence-corrected chi connectivity index (χ1v) is 13.9. The number of aromatic nitrogens is 3. The van der Waals surface area contributed by atoms with Crippen LogP contribution in [0.3, 0.4) is 0 Å². The number of carbonyl (C=O) groups is 2. The fourth-order valence-corrected chi connectivity index (χ4v) is 5.11. The van der Waals surface area contributed by atoms with Crippen molar-refractivity contribution >= 4 is 34.6 Å². The number of urea groups is 1. The van der Waals surface area contributed by atoms with Gasteiger partial charge in [0.05, 0.1) is 17.1 Å². The van der Waals surface area contributed by atoms with Crippen LogP contribution >= 0.6 is 11.8 Å². The van der Waals surface area contributed by atoms with Crippen molar-refractivity contribution in [3.63, 3.8) is 0 Å². The first-order chi connectivity index (χ1) is 20.2. The number of rotatable bonds is 8. The first kappa shape index (κ1) is 28.9. The Morgan fingerprint density at radius 2 is 1.81 bits per heavy atom. The van der Waals surface area contributed by atoms with Crippen molar-refractivity contribution in [1.29, 1.82) is 0 Å². The van der Waals surface area contributed by atoms with Gasteiger partial charge in [-0.3, -0.25) is 9.69 Å². The molecule has 216 valence electrons. The Labute approximate surface area is 243 Å². The fourth-order valence-electron chi connectivity index (χ4n) is 4.25. The van der Waals surface area contributed by atoms with Gasteiger partial charge in [-0.2, -0.15) is 4.99 Å². The highest BCUT2D eigenvalue weighted by atomic mass is 32.2. The quantitative estimate of drug-likeness (QED) is 0.254. The maximum Gasteiger partial charge on any atom is 0.573 e. The SMILES string of the molecule is Cc1ccccc1N1C(=O)CS/C1=N/C(=O)NCCCc1ccc(-c2ncn(-c3ccc(OC(F)(F)F)cc3)n2)cc1. The highest BCUT2D eigenvalue weighted by Gasteiger charge is 2.32. The smallest absolute Gasteiger partial charge is 0.406 e. The zero-order valence-electron chi connectivity index (χ0n) is 22.3. The number of amidine groups is 1. The van der Waals surface area contributed by atoms with Gasteiger partial charge in [0.1, 0.15) is 12.1 Å². The number of para-hydroxylation sites is 1. The van der Waals surface area contributed by atoms with E-state index in [0.29, 0.717) is 36.1 Å². The summed E-state index contributed by atoms with van der Waals surface area (Å²) >= 11 is 1.24. The van der Waals surface area contributed by atoms with Gasteiger partial charge in [-0.1, -0.05) is 54.2 Å². The largest absolute Gasteiger partial charge is 0.573 e. The third-order valence-electron chi connectivity index (χ3n) is 6.28. The highest BCUT2D eigenvalue weighted by molar-refractivity contribution is 8.15. The molecule has 1 aliphatic heterocycles. The molecule has 1 aliphatic rings. The average Bonchev–Trinajstić information content (AvgIpc) is 3.59. The van der Waals surface area contributed by atoms with E-state index < -0.39 is 12.4 Å². The Bertz CT molecular complexity index is 1600. The maximum absolute atomic E-state index is 12.4. The Morgan fingerprint density at radius 1 is 1.07 bits per heavy atom. The van der Waals surface area contributed by atoms with Crippen molar-refractivity contribution in [3.8, 4) is 22.8 Å². The molecule has 42 heavy (non-hydrogen) atoms. The van der Waals surface area contributed by atoms with Gasteiger partial charge >= 0.3 is 12.4 Å². The summed E-state index contributed by atoms with van der Waals surface area (Å²) in [5.41, 5.74) is 4.01. The molecule has 0 bridgehead atoms. The second-order valence-electron chi connectivity index (χ2n) is 9.29. The molecule has 0 radical (unpaired) electrons. The second-order valence-corrected chi connectivity index (χ2v) is 10.2. The van der Waals surface area contributed by atoms with Gasteiger partial charge in [-0.05, 0) is 61.2 Å². The molecule has 9 nitrogen and oxygen atoms in total. The molecule has 0 atom stereocenters. The second kappa shape index (κ2) is 12.5. The van der Waals surface area contributed by atoms with Crippen LogP contribution in [0.4, 0.5) is 23.7 Å². The summed E-state index contributed by atoms with van der Waals surface area (Å²) in [6.45, 7) is 2.32. The molecular weight excluding hydrogens is 569 g/mol. The van der Waals surface area contributed by atoms with Crippen LogP contribution in [0.15, 0.2) is 84.1 Å². The van der Waals surface area contributed by atoms with Crippen molar-refractivity contribution in [2.45, 2.75) is 26.1 Å². The summed E-state index contributed by atoms with van der Waals surface area (Å²) in [7, 11) is 0. The molecule has 1 fully saturated rings. The van der Waals surface area contributed by atoms with E-state index in [1.54, 1.807) is 0 Å². The van der Waals surface area contributed by atoms with E-state index in [-0.39, 0.29) is 17.4 Å². The number of hydrogen-bond donors (Lipinski definition) is 1. The van der Waals surface area contributed by atoms with Crippen LogP contribution in [0, 0.1) is 6.92 Å². The number of halogens is 3. The van der Waals surface area contributed by atoms with Crippen molar-refractivity contribution in [3.05, 3.63) is 90.3 Å². The number of nitrogens with one attached hydrogen (secondary N) is 1. The number of thioether (sulfide) groups is 1. The predicted molar refractivity (Wildman–Crippen MR) is 154 cm³/mol. The van der Waals surface area contributed by atoms with Crippen molar-refractivity contribution in [1.82, 2.24) is 20.1 Å². The Morgan fingerprint density at radius 3 is 2.52 bits per heavy atom. The topological polar surface area (TPSA) is 102 Å². The third-order valence-corrected chi connectivity index (χ3v) is 7.20. The lowest BCUT2D eigenvalue weighted by molar-refractivity contribution is -0.274. The Hall–Kier alpha value is -4.65. The normalized spacial score (nSPS) is 14.4. The minimum absolute atomic E-state index is 0.111. The molecular formula is C29H25F3N6O3S. The maximum atomic E-state index is 12.4. The number of alkyl halides is 3. The number of benzene rings is 3. The number of ether oxygens (including phenoxy) is 1. The molecule has 3 aromatic carbocycles. The van der Waals surface area contributed by atoms with E-state index in [9.17, 15) is 22.8 Å². The van der Waals surface area contributed by atoms with Gasteiger partial charge in [0, 0.05) is 12.1 Å². The number of nitrogens with zero attached hydrogens (tertiary/aromatic N) is 5. The monoisotopic (exact) mass is 594 g/mol. The minimum atomic E-state index is -4.75. The molecule has 5 rings (SSSR count). The molecule has 1 saturated heterocycles. The number of anilines is 1. The summed E-state index contributed by atoms with van der Waals surface area (Å²) in [6, 6.07) is 20.0. The number of amides is 3. The summed E-state index contributed by atoms with van der Waals surface area (Å²) in [6.07, 6.45) is -1.87. The van der Waals surface area contributed by atoms with Gasteiger partial charge in [-0.15, -0.1) is 18.3 Å². The number of aryl methyl sites for hydroxylation is 2. The zero-order chi connectivity index (χ0) is 29.7. The molecule has 1 aromatic heterocycles. The summed E-state index contributed by atoms with van der Waals surface area (Å²) in [4.78, 5) is 34.8. The average molecular weight is 595 g/mol. The first-order valence-electron chi connectivity index (χ1n) is 12.9. The van der Waals surface area contributed by atoms with E-state index in [0.717, 1.165) is 22.4 Å². The van der Waals surface area contributed by atoms with Crippen LogP contribution in [0.25, 0.3) is 17.1 Å². The molecule has 3 amide bonds. The van der Waals surface area contributed by atoms with E-state index in [4.69, 9.17) is 0 Å². The zero-order valence-corrected chi connectivity index (χ0v) is 23.2. The lowest BCUT2D eigenvalue weighted by Gasteiger charge is -2.18.